The smallest absolute Gasteiger partial charge is 0.261 e. The molecule has 0 radical (unpaired) electrons. The molecule has 0 saturated heterocycles. The lowest BCUT2D eigenvalue weighted by Crippen LogP contribution is -2.36. The lowest BCUT2D eigenvalue weighted by molar-refractivity contribution is 0.0640. The van der Waals surface area contributed by atoms with E-state index in [2.05, 4.69) is 4.99 Å². The van der Waals surface area contributed by atoms with Crippen LogP contribution in [0.1, 0.15) is 42.3 Å². The van der Waals surface area contributed by atoms with Crippen molar-refractivity contribution in [2.75, 3.05) is 19.0 Å². The number of carbonyl (C=O) groups is 3. The van der Waals surface area contributed by atoms with Crippen molar-refractivity contribution >= 4 is 34.7 Å². The van der Waals surface area contributed by atoms with Gasteiger partial charge in [0.05, 0.1) is 23.4 Å². The first-order valence-electron chi connectivity index (χ1n) is 11.1. The number of benzene rings is 2. The van der Waals surface area contributed by atoms with Crippen molar-refractivity contribution in [3.8, 4) is 6.07 Å². The molecule has 180 valence electrons. The number of anilines is 1. The van der Waals surface area contributed by atoms with Gasteiger partial charge in [0, 0.05) is 43.7 Å². The van der Waals surface area contributed by atoms with Gasteiger partial charge in [0.25, 0.3) is 17.4 Å². The van der Waals surface area contributed by atoms with E-state index in [1.165, 1.54) is 29.8 Å². The average molecular weight is 482 g/mol. The predicted octanol–water partition coefficient (Wildman–Crippen LogP) is 3.03. The Bertz CT molecular complexity index is 1510. The number of ketones is 1. The Morgan fingerprint density at radius 2 is 1.58 bits per heavy atom. The van der Waals surface area contributed by atoms with Crippen LogP contribution >= 0.6 is 0 Å². The maximum absolute atomic E-state index is 13.4. The SMILES string of the molecule is Cc1cc(C(=O)C(C#N)=Nc2ccc(N(C)C)cc2)c(CN2C(=O)c3ccccc3C2=O)c(=O)n1C. The van der Waals surface area contributed by atoms with Crippen LogP contribution in [0.3, 0.4) is 0 Å². The van der Waals surface area contributed by atoms with Crippen molar-refractivity contribution in [1.82, 2.24) is 9.47 Å². The molecule has 1 aliphatic heterocycles. The summed E-state index contributed by atoms with van der Waals surface area (Å²) in [7, 11) is 5.30. The van der Waals surface area contributed by atoms with Gasteiger partial charge < -0.3 is 9.47 Å². The van der Waals surface area contributed by atoms with E-state index in [9.17, 15) is 24.4 Å². The molecule has 0 spiro atoms. The highest BCUT2D eigenvalue weighted by atomic mass is 16.2. The number of pyridine rings is 1. The number of hydrogen-bond acceptors (Lipinski definition) is 7. The van der Waals surface area contributed by atoms with Crippen molar-refractivity contribution in [3.05, 3.63) is 92.9 Å². The minimum atomic E-state index is -0.762. The van der Waals surface area contributed by atoms with Gasteiger partial charge in [-0.15, -0.1) is 0 Å². The molecule has 1 aromatic heterocycles. The number of rotatable bonds is 6. The number of amides is 2. The zero-order valence-electron chi connectivity index (χ0n) is 20.3. The van der Waals surface area contributed by atoms with Crippen LogP contribution in [0.25, 0.3) is 0 Å². The molecule has 2 heterocycles. The van der Waals surface area contributed by atoms with Gasteiger partial charge in [-0.05, 0) is 49.4 Å². The molecular weight excluding hydrogens is 458 g/mol. The fraction of sp³-hybridized carbons (Fsp3) is 0.185. The number of carbonyl (C=O) groups excluding carboxylic acids is 3. The molecule has 4 rings (SSSR count). The molecular formula is C27H23N5O4. The van der Waals surface area contributed by atoms with E-state index in [-0.39, 0.29) is 22.3 Å². The van der Waals surface area contributed by atoms with Crippen LogP contribution in [0.15, 0.2) is 64.4 Å². The second-order valence-corrected chi connectivity index (χ2v) is 8.60. The van der Waals surface area contributed by atoms with Crippen LogP contribution in [0.2, 0.25) is 0 Å². The first kappa shape index (κ1) is 24.3. The predicted molar refractivity (Wildman–Crippen MR) is 135 cm³/mol. The summed E-state index contributed by atoms with van der Waals surface area (Å²) in [6.07, 6.45) is 0. The van der Waals surface area contributed by atoms with E-state index in [0.29, 0.717) is 11.4 Å². The number of aromatic nitrogens is 1. The van der Waals surface area contributed by atoms with Crippen molar-refractivity contribution in [2.24, 2.45) is 12.0 Å². The molecule has 9 nitrogen and oxygen atoms in total. The van der Waals surface area contributed by atoms with Crippen molar-refractivity contribution < 1.29 is 14.4 Å². The van der Waals surface area contributed by atoms with Gasteiger partial charge in [-0.3, -0.25) is 24.1 Å². The van der Waals surface area contributed by atoms with Gasteiger partial charge >= 0.3 is 0 Å². The number of fused-ring (bicyclic) bond motifs is 1. The van der Waals surface area contributed by atoms with Crippen molar-refractivity contribution in [2.45, 2.75) is 13.5 Å². The molecule has 36 heavy (non-hydrogen) atoms. The lowest BCUT2D eigenvalue weighted by Gasteiger charge is -2.17. The Labute approximate surface area is 207 Å². The Balaban J connectivity index is 1.76. The van der Waals surface area contributed by atoms with Crippen molar-refractivity contribution in [1.29, 1.82) is 5.26 Å². The zero-order valence-corrected chi connectivity index (χ0v) is 20.3. The zero-order chi connectivity index (χ0) is 26.1. The third kappa shape index (κ3) is 4.20. The highest BCUT2D eigenvalue weighted by Gasteiger charge is 2.36. The molecule has 2 amide bonds. The molecule has 0 bridgehead atoms. The monoisotopic (exact) mass is 481 g/mol. The normalized spacial score (nSPS) is 13.0. The number of aryl methyl sites for hydroxylation is 1. The number of aliphatic imine (C=N–C) groups is 1. The topological polar surface area (TPSA) is 116 Å². The highest BCUT2D eigenvalue weighted by Crippen LogP contribution is 2.25. The fourth-order valence-corrected chi connectivity index (χ4v) is 3.98. The largest absolute Gasteiger partial charge is 0.378 e. The van der Waals surface area contributed by atoms with Crippen LogP contribution < -0.4 is 10.5 Å². The molecule has 9 heteroatoms. The second-order valence-electron chi connectivity index (χ2n) is 8.60. The minimum Gasteiger partial charge on any atom is -0.378 e. The molecule has 1 aliphatic rings. The summed E-state index contributed by atoms with van der Waals surface area (Å²) in [6.45, 7) is 1.24. The fourth-order valence-electron chi connectivity index (χ4n) is 3.98. The average Bonchev–Trinajstić information content (AvgIpc) is 3.12. The van der Waals surface area contributed by atoms with Gasteiger partial charge in [0.1, 0.15) is 6.07 Å². The van der Waals surface area contributed by atoms with Crippen LogP contribution in [-0.4, -0.2) is 46.9 Å². The van der Waals surface area contributed by atoms with E-state index in [1.54, 1.807) is 43.3 Å². The number of Topliss-reactive ketones (excluding diaryl/α,β-unsaturated/α-hetero) is 1. The van der Waals surface area contributed by atoms with Gasteiger partial charge in [-0.25, -0.2) is 4.99 Å². The van der Waals surface area contributed by atoms with Gasteiger partial charge in [-0.2, -0.15) is 5.26 Å². The summed E-state index contributed by atoms with van der Waals surface area (Å²) < 4.78 is 1.33. The number of nitriles is 1. The van der Waals surface area contributed by atoms with Crippen LogP contribution in [-0.2, 0) is 13.6 Å². The number of imide groups is 1. The Kier molecular flexibility index (Phi) is 6.36. The van der Waals surface area contributed by atoms with Crippen LogP contribution in [0, 0.1) is 18.3 Å². The molecule has 2 aromatic carbocycles. The Morgan fingerprint density at radius 3 is 2.11 bits per heavy atom. The molecule has 0 unspecified atom stereocenters. The Morgan fingerprint density at radius 1 is 1.00 bits per heavy atom. The maximum atomic E-state index is 13.4. The summed E-state index contributed by atoms with van der Waals surface area (Å²) >= 11 is 0. The molecule has 0 atom stereocenters. The number of hydrogen-bond donors (Lipinski definition) is 0. The quantitative estimate of drug-likeness (QED) is 0.304. The first-order chi connectivity index (χ1) is 17.1. The standard InChI is InChI=1S/C27H23N5O4/c1-16-13-21(24(33)23(14-28)29-17-9-11-18(12-10-17)30(2)3)22(25(34)31(16)4)15-32-26(35)19-7-5-6-8-20(19)27(32)36/h5-13H,15H2,1-4H3. The summed E-state index contributed by atoms with van der Waals surface area (Å²) in [6, 6.07) is 16.6. The maximum Gasteiger partial charge on any atom is 0.261 e. The molecule has 0 fully saturated rings. The van der Waals surface area contributed by atoms with Crippen LogP contribution in [0.5, 0.6) is 0 Å². The Hall–Kier alpha value is -4.84. The minimum absolute atomic E-state index is 0.0616. The summed E-state index contributed by atoms with van der Waals surface area (Å²) in [5.74, 6) is -1.86. The molecule has 0 saturated carbocycles. The van der Waals surface area contributed by atoms with E-state index in [0.717, 1.165) is 10.6 Å². The van der Waals surface area contributed by atoms with E-state index in [4.69, 9.17) is 0 Å². The van der Waals surface area contributed by atoms with E-state index >= 15 is 0 Å². The lowest BCUT2D eigenvalue weighted by atomic mass is 10.0. The third-order valence-corrected chi connectivity index (χ3v) is 6.14. The molecule has 0 N–H and O–H groups in total. The molecule has 0 aliphatic carbocycles. The highest BCUT2D eigenvalue weighted by molar-refractivity contribution is 6.52. The summed E-state index contributed by atoms with van der Waals surface area (Å²) in [5, 5.41) is 9.72. The number of nitrogens with zero attached hydrogens (tertiary/aromatic N) is 5. The van der Waals surface area contributed by atoms with Gasteiger partial charge in [-0.1, -0.05) is 12.1 Å². The molecule has 3 aromatic rings. The van der Waals surface area contributed by atoms with Crippen molar-refractivity contribution in [3.63, 3.8) is 0 Å². The summed E-state index contributed by atoms with van der Waals surface area (Å²) in [4.78, 5) is 59.5. The van der Waals surface area contributed by atoms with Crippen LogP contribution in [0.4, 0.5) is 11.4 Å². The second kappa shape index (κ2) is 9.43. The first-order valence-corrected chi connectivity index (χ1v) is 11.1. The van der Waals surface area contributed by atoms with Gasteiger partial charge in [0.15, 0.2) is 5.71 Å². The van der Waals surface area contributed by atoms with E-state index in [1.807, 2.05) is 25.1 Å². The third-order valence-electron chi connectivity index (χ3n) is 6.14. The summed E-state index contributed by atoms with van der Waals surface area (Å²) in [5.41, 5.74) is 1.18. The van der Waals surface area contributed by atoms with Gasteiger partial charge in [0.2, 0.25) is 5.78 Å². The van der Waals surface area contributed by atoms with E-state index < -0.39 is 35.4 Å².